The number of anilines is 2. The van der Waals surface area contributed by atoms with E-state index in [9.17, 15) is 0 Å². The molecule has 1 fully saturated rings. The fourth-order valence-electron chi connectivity index (χ4n) is 2.87. The van der Waals surface area contributed by atoms with Crippen LogP contribution in [0.3, 0.4) is 0 Å². The van der Waals surface area contributed by atoms with Crippen molar-refractivity contribution in [3.05, 3.63) is 10.9 Å². The highest BCUT2D eigenvalue weighted by Gasteiger charge is 2.29. The molecule has 1 aliphatic rings. The van der Waals surface area contributed by atoms with E-state index in [0.717, 1.165) is 22.5 Å². The molecule has 4 N–H and O–H groups in total. The monoisotopic (exact) mass is 291 g/mol. The smallest absolute Gasteiger partial charge is 0.240 e. The Morgan fingerprint density at radius 3 is 2.75 bits per heavy atom. The first kappa shape index (κ1) is 13.6. The lowest BCUT2D eigenvalue weighted by Gasteiger charge is -2.26. The minimum atomic E-state index is 0.140. The Kier molecular flexibility index (Phi) is 3.52. The second kappa shape index (κ2) is 5.18. The van der Waals surface area contributed by atoms with Crippen molar-refractivity contribution in [3.8, 4) is 0 Å². The van der Waals surface area contributed by atoms with E-state index in [1.807, 2.05) is 0 Å². The zero-order valence-electron chi connectivity index (χ0n) is 12.0. The van der Waals surface area contributed by atoms with Gasteiger partial charge in [0.2, 0.25) is 5.95 Å². The van der Waals surface area contributed by atoms with Crippen LogP contribution in [0.1, 0.15) is 44.4 Å². The summed E-state index contributed by atoms with van der Waals surface area (Å²) >= 11 is 1.71. The van der Waals surface area contributed by atoms with Gasteiger partial charge < -0.3 is 5.32 Å². The highest BCUT2D eigenvalue weighted by Crippen LogP contribution is 2.36. The second-order valence-corrected chi connectivity index (χ2v) is 6.83. The molecule has 20 heavy (non-hydrogen) atoms. The summed E-state index contributed by atoms with van der Waals surface area (Å²) in [7, 11) is 0. The van der Waals surface area contributed by atoms with Gasteiger partial charge in [-0.15, -0.1) is 11.3 Å². The highest BCUT2D eigenvalue weighted by atomic mass is 32.1. The maximum absolute atomic E-state index is 5.49. The van der Waals surface area contributed by atoms with Crippen LogP contribution in [0.15, 0.2) is 6.07 Å². The van der Waals surface area contributed by atoms with Gasteiger partial charge in [0, 0.05) is 10.4 Å². The van der Waals surface area contributed by atoms with Gasteiger partial charge >= 0.3 is 0 Å². The summed E-state index contributed by atoms with van der Waals surface area (Å²) in [5.74, 6) is 6.88. The molecule has 0 unspecified atom stereocenters. The van der Waals surface area contributed by atoms with Crippen molar-refractivity contribution in [2.45, 2.75) is 51.5 Å². The second-order valence-electron chi connectivity index (χ2n) is 5.72. The van der Waals surface area contributed by atoms with Crippen molar-refractivity contribution in [1.82, 2.24) is 9.97 Å². The van der Waals surface area contributed by atoms with Gasteiger partial charge in [0.15, 0.2) is 0 Å². The zero-order valence-corrected chi connectivity index (χ0v) is 12.8. The quantitative estimate of drug-likeness (QED) is 0.595. The van der Waals surface area contributed by atoms with Crippen LogP contribution in [0.2, 0.25) is 0 Å². The molecule has 1 aliphatic carbocycles. The molecular formula is C14H21N5S. The van der Waals surface area contributed by atoms with Crippen molar-refractivity contribution < 1.29 is 0 Å². The largest absolute Gasteiger partial charge is 0.364 e. The molecule has 0 bridgehead atoms. The van der Waals surface area contributed by atoms with E-state index in [1.54, 1.807) is 11.3 Å². The molecule has 0 radical (unpaired) electrons. The molecule has 0 spiro atoms. The average molecular weight is 291 g/mol. The van der Waals surface area contributed by atoms with Gasteiger partial charge in [-0.3, -0.25) is 5.43 Å². The van der Waals surface area contributed by atoms with Gasteiger partial charge in [-0.25, -0.2) is 10.8 Å². The fraction of sp³-hybridized carbons (Fsp3) is 0.571. The molecule has 0 amide bonds. The Morgan fingerprint density at radius 2 is 2.10 bits per heavy atom. The minimum Gasteiger partial charge on any atom is -0.364 e. The van der Waals surface area contributed by atoms with E-state index in [2.05, 4.69) is 40.6 Å². The standard InChI is InChI=1S/C14H21N5S/c1-3-9-8-10-11(18-14(2)6-4-5-7-14)16-13(19-15)17-12(10)20-9/h8H,3-7,15H2,1-2H3,(H2,16,17,18,19). The third kappa shape index (κ3) is 2.45. The summed E-state index contributed by atoms with van der Waals surface area (Å²) in [4.78, 5) is 11.3. The van der Waals surface area contributed by atoms with E-state index in [4.69, 9.17) is 5.84 Å². The van der Waals surface area contributed by atoms with E-state index in [-0.39, 0.29) is 5.54 Å². The van der Waals surface area contributed by atoms with E-state index >= 15 is 0 Å². The maximum atomic E-state index is 5.49. The van der Waals surface area contributed by atoms with Crippen LogP contribution in [0, 0.1) is 0 Å². The summed E-state index contributed by atoms with van der Waals surface area (Å²) < 4.78 is 0. The molecule has 0 atom stereocenters. The van der Waals surface area contributed by atoms with Crippen molar-refractivity contribution >= 4 is 33.3 Å². The first-order chi connectivity index (χ1) is 9.63. The van der Waals surface area contributed by atoms with Crippen LogP contribution < -0.4 is 16.6 Å². The Labute approximate surface area is 123 Å². The summed E-state index contributed by atoms with van der Waals surface area (Å²) in [6.07, 6.45) is 5.96. The number of aromatic nitrogens is 2. The predicted octanol–water partition coefficient (Wildman–Crippen LogP) is 3.28. The van der Waals surface area contributed by atoms with Crippen molar-refractivity contribution in [3.63, 3.8) is 0 Å². The number of nitrogen functional groups attached to an aromatic ring is 1. The van der Waals surface area contributed by atoms with Crippen LogP contribution in [0.4, 0.5) is 11.8 Å². The van der Waals surface area contributed by atoms with Crippen molar-refractivity contribution in [1.29, 1.82) is 0 Å². The molecule has 1 saturated carbocycles. The Bertz CT molecular complexity index is 615. The number of hydrogen-bond acceptors (Lipinski definition) is 6. The van der Waals surface area contributed by atoms with Gasteiger partial charge in [-0.05, 0) is 32.3 Å². The molecule has 2 aromatic rings. The van der Waals surface area contributed by atoms with Crippen LogP contribution in [-0.2, 0) is 6.42 Å². The van der Waals surface area contributed by atoms with Crippen LogP contribution in [0.25, 0.3) is 10.2 Å². The number of nitrogens with zero attached hydrogens (tertiary/aromatic N) is 2. The molecule has 3 rings (SSSR count). The van der Waals surface area contributed by atoms with Crippen LogP contribution in [-0.4, -0.2) is 15.5 Å². The minimum absolute atomic E-state index is 0.140. The number of hydrogen-bond donors (Lipinski definition) is 3. The number of rotatable bonds is 4. The number of thiophene rings is 1. The van der Waals surface area contributed by atoms with Gasteiger partial charge in [-0.1, -0.05) is 19.8 Å². The lowest BCUT2D eigenvalue weighted by Crippen LogP contribution is -2.31. The van der Waals surface area contributed by atoms with Crippen molar-refractivity contribution in [2.24, 2.45) is 5.84 Å². The summed E-state index contributed by atoms with van der Waals surface area (Å²) in [6, 6.07) is 2.20. The molecular weight excluding hydrogens is 270 g/mol. The summed E-state index contributed by atoms with van der Waals surface area (Å²) in [5, 5.41) is 4.74. The molecule has 0 saturated heterocycles. The van der Waals surface area contributed by atoms with Crippen LogP contribution >= 0.6 is 11.3 Å². The summed E-state index contributed by atoms with van der Waals surface area (Å²) in [6.45, 7) is 4.43. The first-order valence-corrected chi connectivity index (χ1v) is 8.00. The lowest BCUT2D eigenvalue weighted by atomic mass is 10.0. The van der Waals surface area contributed by atoms with Crippen molar-refractivity contribution in [2.75, 3.05) is 10.7 Å². The topological polar surface area (TPSA) is 75.9 Å². The Morgan fingerprint density at radius 1 is 1.35 bits per heavy atom. The van der Waals surface area contributed by atoms with Crippen LogP contribution in [0.5, 0.6) is 0 Å². The fourth-order valence-corrected chi connectivity index (χ4v) is 3.84. The normalized spacial score (nSPS) is 17.6. The highest BCUT2D eigenvalue weighted by molar-refractivity contribution is 7.18. The average Bonchev–Trinajstić information content (AvgIpc) is 3.04. The van der Waals surface area contributed by atoms with E-state index in [0.29, 0.717) is 5.95 Å². The maximum Gasteiger partial charge on any atom is 0.240 e. The molecule has 0 aromatic carbocycles. The third-order valence-electron chi connectivity index (χ3n) is 4.05. The molecule has 0 aliphatic heterocycles. The Hall–Kier alpha value is -1.40. The van der Waals surface area contributed by atoms with Gasteiger partial charge in [0.1, 0.15) is 10.6 Å². The number of nitrogens with one attached hydrogen (secondary N) is 2. The predicted molar refractivity (Wildman–Crippen MR) is 85.1 cm³/mol. The molecule has 6 heteroatoms. The third-order valence-corrected chi connectivity index (χ3v) is 5.22. The van der Waals surface area contributed by atoms with Gasteiger partial charge in [-0.2, -0.15) is 4.98 Å². The van der Waals surface area contributed by atoms with E-state index in [1.165, 1.54) is 30.6 Å². The number of fused-ring (bicyclic) bond motifs is 1. The lowest BCUT2D eigenvalue weighted by molar-refractivity contribution is 0.532. The molecule has 2 heterocycles. The van der Waals surface area contributed by atoms with Gasteiger partial charge in [0.25, 0.3) is 0 Å². The SMILES string of the molecule is CCc1cc2c(NC3(C)CCCC3)nc(NN)nc2s1. The first-order valence-electron chi connectivity index (χ1n) is 7.19. The zero-order chi connectivity index (χ0) is 14.2. The molecule has 108 valence electrons. The van der Waals surface area contributed by atoms with Gasteiger partial charge in [0.05, 0.1) is 5.39 Å². The number of nitrogens with two attached hydrogens (primary N) is 1. The molecule has 5 nitrogen and oxygen atoms in total. The number of hydrazine groups is 1. The summed E-state index contributed by atoms with van der Waals surface area (Å²) in [5.41, 5.74) is 2.71. The van der Waals surface area contributed by atoms with E-state index < -0.39 is 0 Å². The number of aryl methyl sites for hydroxylation is 1. The Balaban J connectivity index is 2.04. The molecule has 2 aromatic heterocycles.